The largest absolute Gasteiger partial charge is 0.393 e. The summed E-state index contributed by atoms with van der Waals surface area (Å²) in [6.07, 6.45) is 6.07. The first-order valence-electron chi connectivity index (χ1n) is 3.98. The Labute approximate surface area is 62.8 Å². The maximum atomic E-state index is 9.53. The van der Waals surface area contributed by atoms with Gasteiger partial charge in [0, 0.05) is 0 Å². The number of hydrogen-bond acceptors (Lipinski definition) is 1. The molecule has 1 fully saturated rings. The van der Waals surface area contributed by atoms with Crippen molar-refractivity contribution in [1.82, 2.24) is 0 Å². The Morgan fingerprint density at radius 2 is 2.50 bits per heavy atom. The summed E-state index contributed by atoms with van der Waals surface area (Å²) in [5.74, 6) is 0. The van der Waals surface area contributed by atoms with Gasteiger partial charge in [0.2, 0.25) is 0 Å². The minimum Gasteiger partial charge on any atom is -0.393 e. The standard InChI is InChI=1S/C9H16O/c1-3-6-9(2)7-4-5-8(9)10/h3,8,10H,1,4-7H2,2H3/t8-,9+/m1/s1. The van der Waals surface area contributed by atoms with Crippen molar-refractivity contribution in [2.24, 2.45) is 5.41 Å². The molecule has 0 unspecified atom stereocenters. The first kappa shape index (κ1) is 7.80. The molecule has 0 heterocycles. The van der Waals surface area contributed by atoms with Crippen molar-refractivity contribution in [1.29, 1.82) is 0 Å². The van der Waals surface area contributed by atoms with E-state index in [0.29, 0.717) is 0 Å². The summed E-state index contributed by atoms with van der Waals surface area (Å²) in [7, 11) is 0. The van der Waals surface area contributed by atoms with Gasteiger partial charge in [-0.1, -0.05) is 19.4 Å². The van der Waals surface area contributed by atoms with Crippen LogP contribution in [0.25, 0.3) is 0 Å². The molecule has 0 aliphatic heterocycles. The Kier molecular flexibility index (Phi) is 2.14. The molecule has 0 aromatic carbocycles. The molecular weight excluding hydrogens is 124 g/mol. The first-order valence-corrected chi connectivity index (χ1v) is 3.98. The fourth-order valence-electron chi connectivity index (χ4n) is 1.78. The highest BCUT2D eigenvalue weighted by molar-refractivity contribution is 4.92. The number of aliphatic hydroxyl groups is 1. The van der Waals surface area contributed by atoms with Gasteiger partial charge in [0.15, 0.2) is 0 Å². The molecule has 1 aliphatic carbocycles. The summed E-state index contributed by atoms with van der Waals surface area (Å²) in [4.78, 5) is 0. The van der Waals surface area contributed by atoms with E-state index in [4.69, 9.17) is 0 Å². The molecule has 0 bridgehead atoms. The van der Waals surface area contributed by atoms with Crippen LogP contribution in [0.15, 0.2) is 12.7 Å². The molecule has 0 radical (unpaired) electrons. The first-order chi connectivity index (χ1) is 4.69. The summed E-state index contributed by atoms with van der Waals surface area (Å²) < 4.78 is 0. The van der Waals surface area contributed by atoms with Crippen molar-refractivity contribution in [2.75, 3.05) is 0 Å². The molecule has 1 nitrogen and oxygen atoms in total. The van der Waals surface area contributed by atoms with Crippen LogP contribution in [0.4, 0.5) is 0 Å². The molecule has 0 aromatic rings. The van der Waals surface area contributed by atoms with Crippen LogP contribution < -0.4 is 0 Å². The van der Waals surface area contributed by atoms with E-state index >= 15 is 0 Å². The highest BCUT2D eigenvalue weighted by Crippen LogP contribution is 2.40. The molecular formula is C9H16O. The third-order valence-corrected chi connectivity index (χ3v) is 2.64. The van der Waals surface area contributed by atoms with Gasteiger partial charge in [-0.05, 0) is 24.7 Å². The Morgan fingerprint density at radius 3 is 2.90 bits per heavy atom. The minimum absolute atomic E-state index is 0.0921. The van der Waals surface area contributed by atoms with Crippen LogP contribution in [-0.2, 0) is 0 Å². The van der Waals surface area contributed by atoms with Crippen molar-refractivity contribution in [3.8, 4) is 0 Å². The quantitative estimate of drug-likeness (QED) is 0.582. The highest BCUT2D eigenvalue weighted by Gasteiger charge is 2.35. The summed E-state index contributed by atoms with van der Waals surface area (Å²) in [5, 5.41) is 9.53. The molecule has 1 N–H and O–H groups in total. The maximum absolute atomic E-state index is 9.53. The molecule has 0 saturated heterocycles. The third-order valence-electron chi connectivity index (χ3n) is 2.64. The van der Waals surface area contributed by atoms with Gasteiger partial charge in [-0.25, -0.2) is 0 Å². The molecule has 10 heavy (non-hydrogen) atoms. The van der Waals surface area contributed by atoms with E-state index < -0.39 is 0 Å². The second kappa shape index (κ2) is 2.75. The third kappa shape index (κ3) is 1.24. The number of hydrogen-bond donors (Lipinski definition) is 1. The molecule has 1 rings (SSSR count). The van der Waals surface area contributed by atoms with Crippen molar-refractivity contribution in [3.05, 3.63) is 12.7 Å². The van der Waals surface area contributed by atoms with Gasteiger partial charge in [0.1, 0.15) is 0 Å². The SMILES string of the molecule is C=CC[C@@]1(C)CCC[C@H]1O. The lowest BCUT2D eigenvalue weighted by Crippen LogP contribution is -2.25. The molecule has 58 valence electrons. The number of rotatable bonds is 2. The van der Waals surface area contributed by atoms with Crippen LogP contribution in [0.3, 0.4) is 0 Å². The lowest BCUT2D eigenvalue weighted by Gasteiger charge is -2.26. The van der Waals surface area contributed by atoms with E-state index in [-0.39, 0.29) is 11.5 Å². The van der Waals surface area contributed by atoms with Crippen molar-refractivity contribution in [2.45, 2.75) is 38.7 Å². The summed E-state index contributed by atoms with van der Waals surface area (Å²) in [6, 6.07) is 0. The molecule has 0 amide bonds. The second-order valence-electron chi connectivity index (χ2n) is 3.55. The van der Waals surface area contributed by atoms with Crippen LogP contribution in [0.2, 0.25) is 0 Å². The molecule has 1 heteroatoms. The zero-order valence-corrected chi connectivity index (χ0v) is 6.64. The number of allylic oxidation sites excluding steroid dienone is 1. The van der Waals surface area contributed by atoms with E-state index in [2.05, 4.69) is 13.5 Å². The Balaban J connectivity index is 2.56. The molecule has 0 spiro atoms. The van der Waals surface area contributed by atoms with Crippen molar-refractivity contribution in [3.63, 3.8) is 0 Å². The van der Waals surface area contributed by atoms with Crippen LogP contribution in [0.1, 0.15) is 32.6 Å². The average molecular weight is 140 g/mol. The van der Waals surface area contributed by atoms with E-state index in [9.17, 15) is 5.11 Å². The number of aliphatic hydroxyl groups excluding tert-OH is 1. The van der Waals surface area contributed by atoms with Crippen LogP contribution >= 0.6 is 0 Å². The van der Waals surface area contributed by atoms with Gasteiger partial charge in [-0.3, -0.25) is 0 Å². The fourth-order valence-corrected chi connectivity index (χ4v) is 1.78. The normalized spacial score (nSPS) is 40.0. The summed E-state index contributed by atoms with van der Waals surface area (Å²) in [5.41, 5.74) is 0.141. The van der Waals surface area contributed by atoms with Crippen LogP contribution in [-0.4, -0.2) is 11.2 Å². The maximum Gasteiger partial charge on any atom is 0.0596 e. The van der Waals surface area contributed by atoms with Crippen molar-refractivity contribution >= 4 is 0 Å². The van der Waals surface area contributed by atoms with Gasteiger partial charge >= 0.3 is 0 Å². The molecule has 2 atom stereocenters. The summed E-state index contributed by atoms with van der Waals surface area (Å²) >= 11 is 0. The Morgan fingerprint density at radius 1 is 1.80 bits per heavy atom. The Hall–Kier alpha value is -0.300. The van der Waals surface area contributed by atoms with Gasteiger partial charge in [-0.2, -0.15) is 0 Å². The Bertz CT molecular complexity index is 131. The minimum atomic E-state index is -0.0921. The van der Waals surface area contributed by atoms with Crippen LogP contribution in [0, 0.1) is 5.41 Å². The fraction of sp³-hybridized carbons (Fsp3) is 0.778. The topological polar surface area (TPSA) is 20.2 Å². The van der Waals surface area contributed by atoms with Gasteiger partial charge in [-0.15, -0.1) is 6.58 Å². The molecule has 1 aliphatic rings. The smallest absolute Gasteiger partial charge is 0.0596 e. The second-order valence-corrected chi connectivity index (χ2v) is 3.55. The predicted molar refractivity (Wildman–Crippen MR) is 42.8 cm³/mol. The van der Waals surface area contributed by atoms with E-state index in [1.54, 1.807) is 0 Å². The monoisotopic (exact) mass is 140 g/mol. The molecule has 0 aromatic heterocycles. The van der Waals surface area contributed by atoms with E-state index in [0.717, 1.165) is 19.3 Å². The summed E-state index contributed by atoms with van der Waals surface area (Å²) in [6.45, 7) is 5.84. The van der Waals surface area contributed by atoms with Crippen LogP contribution in [0.5, 0.6) is 0 Å². The molecule has 1 saturated carbocycles. The van der Waals surface area contributed by atoms with E-state index in [1.807, 2.05) is 6.08 Å². The lowest BCUT2D eigenvalue weighted by atomic mass is 9.83. The van der Waals surface area contributed by atoms with Gasteiger partial charge < -0.3 is 5.11 Å². The zero-order chi connectivity index (χ0) is 7.61. The van der Waals surface area contributed by atoms with Gasteiger partial charge in [0.05, 0.1) is 6.10 Å². The van der Waals surface area contributed by atoms with Gasteiger partial charge in [0.25, 0.3) is 0 Å². The highest BCUT2D eigenvalue weighted by atomic mass is 16.3. The predicted octanol–water partition coefficient (Wildman–Crippen LogP) is 2.11. The average Bonchev–Trinajstić information content (AvgIpc) is 2.15. The zero-order valence-electron chi connectivity index (χ0n) is 6.64. The lowest BCUT2D eigenvalue weighted by molar-refractivity contribution is 0.0684. The van der Waals surface area contributed by atoms with Crippen molar-refractivity contribution < 1.29 is 5.11 Å². The van der Waals surface area contributed by atoms with E-state index in [1.165, 1.54) is 6.42 Å².